The second kappa shape index (κ2) is 6.16. The highest BCUT2D eigenvalue weighted by Crippen LogP contribution is 2.12. The first kappa shape index (κ1) is 12.6. The number of likely N-dealkylation sites (N-methyl/N-ethyl adjacent to an activating group) is 1. The molecule has 0 spiro atoms. The van der Waals surface area contributed by atoms with Gasteiger partial charge in [-0.15, -0.1) is 0 Å². The van der Waals surface area contributed by atoms with E-state index in [0.29, 0.717) is 12.3 Å². The van der Waals surface area contributed by atoms with E-state index in [4.69, 9.17) is 10.1 Å². The van der Waals surface area contributed by atoms with Crippen molar-refractivity contribution in [1.29, 1.82) is 5.41 Å². The molecule has 88 valence electrons. The fourth-order valence-electron chi connectivity index (χ4n) is 1.65. The molecule has 1 aromatic carbocycles. The highest BCUT2D eigenvalue weighted by molar-refractivity contribution is 5.81. The number of benzene rings is 1. The molecule has 1 rings (SSSR count). The zero-order valence-electron chi connectivity index (χ0n) is 10.3. The maximum absolute atomic E-state index is 7.98. The maximum atomic E-state index is 7.98. The van der Waals surface area contributed by atoms with Crippen molar-refractivity contribution in [2.75, 3.05) is 20.2 Å². The van der Waals surface area contributed by atoms with E-state index in [0.717, 1.165) is 24.4 Å². The summed E-state index contributed by atoms with van der Waals surface area (Å²) < 4.78 is 5.10. The molecule has 3 nitrogen and oxygen atoms in total. The van der Waals surface area contributed by atoms with E-state index in [1.165, 1.54) is 0 Å². The first-order chi connectivity index (χ1) is 7.71. The van der Waals surface area contributed by atoms with Gasteiger partial charge >= 0.3 is 0 Å². The normalized spacial score (nSPS) is 9.94. The van der Waals surface area contributed by atoms with Crippen LogP contribution >= 0.6 is 0 Å². The molecule has 0 saturated heterocycles. The average Bonchev–Trinajstić information content (AvgIpc) is 2.31. The van der Waals surface area contributed by atoms with Gasteiger partial charge in [-0.1, -0.05) is 12.1 Å². The van der Waals surface area contributed by atoms with Crippen LogP contribution in [0.4, 0.5) is 0 Å². The fourth-order valence-corrected chi connectivity index (χ4v) is 1.65. The Bertz CT molecular complexity index is 328. The zero-order chi connectivity index (χ0) is 12.0. The standard InChI is InChI=1S/C13H20N2O/c1-4-15(5-2)13(14)10-11-6-8-12(16-3)9-7-11/h6-9,14H,4-5,10H2,1-3H3. The largest absolute Gasteiger partial charge is 0.497 e. The lowest BCUT2D eigenvalue weighted by molar-refractivity contribution is 0.414. The minimum Gasteiger partial charge on any atom is -0.497 e. The average molecular weight is 220 g/mol. The van der Waals surface area contributed by atoms with Gasteiger partial charge in [0.15, 0.2) is 0 Å². The van der Waals surface area contributed by atoms with Crippen LogP contribution in [0.3, 0.4) is 0 Å². The number of rotatable bonds is 5. The van der Waals surface area contributed by atoms with Crippen LogP contribution in [0.15, 0.2) is 24.3 Å². The number of amidine groups is 1. The lowest BCUT2D eigenvalue weighted by Gasteiger charge is -2.21. The molecule has 0 fully saturated rings. The van der Waals surface area contributed by atoms with Crippen LogP contribution in [0.1, 0.15) is 19.4 Å². The lowest BCUT2D eigenvalue weighted by atomic mass is 10.1. The smallest absolute Gasteiger partial charge is 0.118 e. The molecular formula is C13H20N2O. The molecule has 1 aromatic rings. The van der Waals surface area contributed by atoms with Gasteiger partial charge in [-0.2, -0.15) is 0 Å². The third-order valence-corrected chi connectivity index (χ3v) is 2.68. The Morgan fingerprint density at radius 1 is 1.19 bits per heavy atom. The second-order valence-corrected chi connectivity index (χ2v) is 3.64. The number of ether oxygens (including phenoxy) is 1. The molecule has 0 radical (unpaired) electrons. The first-order valence-electron chi connectivity index (χ1n) is 5.66. The molecule has 0 amide bonds. The molecule has 3 heteroatoms. The van der Waals surface area contributed by atoms with Crippen molar-refractivity contribution >= 4 is 5.84 Å². The first-order valence-corrected chi connectivity index (χ1v) is 5.66. The van der Waals surface area contributed by atoms with Gasteiger partial charge in [-0.3, -0.25) is 5.41 Å². The highest BCUT2D eigenvalue weighted by atomic mass is 16.5. The van der Waals surface area contributed by atoms with Crippen LogP contribution in [0.2, 0.25) is 0 Å². The van der Waals surface area contributed by atoms with Crippen LogP contribution in [-0.4, -0.2) is 30.9 Å². The minimum atomic E-state index is 0.676. The van der Waals surface area contributed by atoms with Crippen molar-refractivity contribution in [1.82, 2.24) is 4.90 Å². The Morgan fingerprint density at radius 3 is 2.19 bits per heavy atom. The van der Waals surface area contributed by atoms with Crippen LogP contribution in [0.5, 0.6) is 5.75 Å². The van der Waals surface area contributed by atoms with E-state index >= 15 is 0 Å². The van der Waals surface area contributed by atoms with Gasteiger partial charge in [0, 0.05) is 19.5 Å². The lowest BCUT2D eigenvalue weighted by Crippen LogP contribution is -2.31. The minimum absolute atomic E-state index is 0.676. The van der Waals surface area contributed by atoms with Crippen LogP contribution in [-0.2, 0) is 6.42 Å². The Labute approximate surface area is 97.5 Å². The van der Waals surface area contributed by atoms with Gasteiger partial charge in [0.2, 0.25) is 0 Å². The summed E-state index contributed by atoms with van der Waals surface area (Å²) in [5.74, 6) is 1.54. The third-order valence-electron chi connectivity index (χ3n) is 2.68. The van der Waals surface area contributed by atoms with E-state index in [2.05, 4.69) is 18.7 Å². The van der Waals surface area contributed by atoms with Gasteiger partial charge in [-0.25, -0.2) is 0 Å². The van der Waals surface area contributed by atoms with Crippen molar-refractivity contribution in [2.24, 2.45) is 0 Å². The number of hydrogen-bond donors (Lipinski definition) is 1. The molecule has 0 unspecified atom stereocenters. The van der Waals surface area contributed by atoms with Gasteiger partial charge in [0.05, 0.1) is 7.11 Å². The second-order valence-electron chi connectivity index (χ2n) is 3.64. The van der Waals surface area contributed by atoms with Crippen LogP contribution in [0.25, 0.3) is 0 Å². The summed E-state index contributed by atoms with van der Waals surface area (Å²) in [6.07, 6.45) is 0.686. The van der Waals surface area contributed by atoms with E-state index in [1.807, 2.05) is 24.3 Å². The molecule has 1 N–H and O–H groups in total. The van der Waals surface area contributed by atoms with Crippen molar-refractivity contribution in [3.05, 3.63) is 29.8 Å². The summed E-state index contributed by atoms with van der Waals surface area (Å²) in [7, 11) is 1.66. The molecule has 0 heterocycles. The van der Waals surface area contributed by atoms with Crippen molar-refractivity contribution in [3.63, 3.8) is 0 Å². The summed E-state index contributed by atoms with van der Waals surface area (Å²) in [6.45, 7) is 5.94. The molecule has 16 heavy (non-hydrogen) atoms. The summed E-state index contributed by atoms with van der Waals surface area (Å²) >= 11 is 0. The maximum Gasteiger partial charge on any atom is 0.118 e. The van der Waals surface area contributed by atoms with Crippen LogP contribution in [0, 0.1) is 5.41 Å². The predicted octanol–water partition coefficient (Wildman–Crippen LogP) is 2.56. The zero-order valence-corrected chi connectivity index (χ0v) is 10.3. The molecule has 0 aliphatic heterocycles. The highest BCUT2D eigenvalue weighted by Gasteiger charge is 2.06. The van der Waals surface area contributed by atoms with E-state index in [1.54, 1.807) is 7.11 Å². The monoisotopic (exact) mass is 220 g/mol. The fraction of sp³-hybridized carbons (Fsp3) is 0.462. The molecular weight excluding hydrogens is 200 g/mol. The molecule has 0 aliphatic carbocycles. The SMILES string of the molecule is CCN(CC)C(=N)Cc1ccc(OC)cc1. The van der Waals surface area contributed by atoms with E-state index in [-0.39, 0.29) is 0 Å². The number of methoxy groups -OCH3 is 1. The van der Waals surface area contributed by atoms with Crippen molar-refractivity contribution in [2.45, 2.75) is 20.3 Å². The summed E-state index contributed by atoms with van der Waals surface area (Å²) in [6, 6.07) is 7.89. The molecule has 0 atom stereocenters. The number of nitrogens with zero attached hydrogens (tertiary/aromatic N) is 1. The van der Waals surface area contributed by atoms with Gasteiger partial charge in [-0.05, 0) is 31.5 Å². The summed E-state index contributed by atoms with van der Waals surface area (Å²) in [5, 5.41) is 7.98. The van der Waals surface area contributed by atoms with E-state index in [9.17, 15) is 0 Å². The van der Waals surface area contributed by atoms with Crippen LogP contribution < -0.4 is 4.74 Å². The van der Waals surface area contributed by atoms with Crippen molar-refractivity contribution < 1.29 is 4.74 Å². The molecule has 0 bridgehead atoms. The number of nitrogens with one attached hydrogen (secondary N) is 1. The quantitative estimate of drug-likeness (QED) is 0.611. The Hall–Kier alpha value is -1.51. The van der Waals surface area contributed by atoms with Gasteiger partial charge < -0.3 is 9.64 Å². The summed E-state index contributed by atoms with van der Waals surface area (Å²) in [5.41, 5.74) is 1.15. The van der Waals surface area contributed by atoms with Gasteiger partial charge in [0.1, 0.15) is 11.6 Å². The Morgan fingerprint density at radius 2 is 1.75 bits per heavy atom. The molecule has 0 saturated carbocycles. The van der Waals surface area contributed by atoms with E-state index < -0.39 is 0 Å². The third kappa shape index (κ3) is 3.26. The summed E-state index contributed by atoms with van der Waals surface area (Å²) in [4.78, 5) is 2.06. The van der Waals surface area contributed by atoms with Gasteiger partial charge in [0.25, 0.3) is 0 Å². The number of hydrogen-bond acceptors (Lipinski definition) is 2. The topological polar surface area (TPSA) is 36.3 Å². The Kier molecular flexibility index (Phi) is 4.83. The molecule has 0 aromatic heterocycles. The Balaban J connectivity index is 2.62. The molecule has 0 aliphatic rings. The van der Waals surface area contributed by atoms with Crippen molar-refractivity contribution in [3.8, 4) is 5.75 Å². The predicted molar refractivity (Wildman–Crippen MR) is 67.3 cm³/mol.